The first-order valence-corrected chi connectivity index (χ1v) is 12.7. The number of carbonyl (C=O) groups is 3. The fourth-order valence-corrected chi connectivity index (χ4v) is 5.53. The van der Waals surface area contributed by atoms with Crippen LogP contribution < -0.4 is 5.32 Å². The van der Waals surface area contributed by atoms with E-state index in [9.17, 15) is 14.4 Å². The number of rotatable bonds is 5. The van der Waals surface area contributed by atoms with Crippen molar-refractivity contribution in [1.82, 2.24) is 9.88 Å². The predicted molar refractivity (Wildman–Crippen MR) is 110 cm³/mol. The normalized spacial score (nSPS) is 21.3. The van der Waals surface area contributed by atoms with Gasteiger partial charge in [0, 0.05) is 6.92 Å². The number of β-lactam (4-membered cyclic amide) rings is 1. The molecule has 2 rings (SSSR count). The molecule has 3 unspecified atom stereocenters. The van der Waals surface area contributed by atoms with E-state index in [0.29, 0.717) is 0 Å². The fraction of sp³-hybridized carbons (Fsp3) is 0.526. The third kappa shape index (κ3) is 4.26. The third-order valence-electron chi connectivity index (χ3n) is 5.39. The Balaban J connectivity index is 2.20. The van der Waals surface area contributed by atoms with Gasteiger partial charge in [0.2, 0.25) is 11.8 Å². The van der Waals surface area contributed by atoms with Crippen LogP contribution in [0.2, 0.25) is 18.1 Å². The van der Waals surface area contributed by atoms with E-state index in [1.807, 2.05) is 30.3 Å². The van der Waals surface area contributed by atoms with Crippen LogP contribution in [-0.4, -0.2) is 42.9 Å². The molecule has 0 spiro atoms. The van der Waals surface area contributed by atoms with E-state index in [4.69, 9.17) is 4.74 Å². The van der Waals surface area contributed by atoms with Crippen molar-refractivity contribution in [2.75, 3.05) is 0 Å². The lowest BCUT2D eigenvalue weighted by atomic mass is 10.1. The van der Waals surface area contributed by atoms with Gasteiger partial charge in [0.1, 0.15) is 4.83 Å². The van der Waals surface area contributed by atoms with Gasteiger partial charge in [0.25, 0.3) is 0 Å². The lowest BCUT2D eigenvalue weighted by molar-refractivity contribution is -0.180. The molecule has 1 aromatic carbocycles. The van der Waals surface area contributed by atoms with Crippen LogP contribution in [0.15, 0.2) is 30.3 Å². The lowest BCUT2D eigenvalue weighted by Crippen LogP contribution is -2.79. The van der Waals surface area contributed by atoms with Gasteiger partial charge in [-0.2, -0.15) is 0 Å². The molecule has 8 heteroatoms. The van der Waals surface area contributed by atoms with E-state index in [1.54, 1.807) is 4.57 Å². The molecule has 0 aromatic heterocycles. The molecule has 1 aliphatic heterocycles. The van der Waals surface area contributed by atoms with E-state index < -0.39 is 31.3 Å². The zero-order chi connectivity index (χ0) is 20.6. The smallest absolute Gasteiger partial charge is 0.304 e. The highest BCUT2D eigenvalue weighted by Crippen LogP contribution is 2.43. The van der Waals surface area contributed by atoms with Crippen LogP contribution in [0.4, 0.5) is 0 Å². The minimum Gasteiger partial charge on any atom is -0.440 e. The summed E-state index contributed by atoms with van der Waals surface area (Å²) in [5.41, 5.74) is 0.784. The zero-order valence-electron chi connectivity index (χ0n) is 16.6. The molecule has 1 saturated heterocycles. The summed E-state index contributed by atoms with van der Waals surface area (Å²) in [6, 6.07) is 8.34. The van der Waals surface area contributed by atoms with Crippen molar-refractivity contribution >= 4 is 41.9 Å². The number of ether oxygens (including phenoxy) is 1. The second kappa shape index (κ2) is 7.75. The molecule has 1 fully saturated rings. The Morgan fingerprint density at radius 3 is 2.26 bits per heavy atom. The molecule has 1 aliphatic rings. The van der Waals surface area contributed by atoms with Crippen LogP contribution in [0.5, 0.6) is 0 Å². The monoisotopic (exact) mass is 454 g/mol. The van der Waals surface area contributed by atoms with Gasteiger partial charge >= 0.3 is 5.97 Å². The summed E-state index contributed by atoms with van der Waals surface area (Å²) >= 11 is 3.37. The highest BCUT2D eigenvalue weighted by Gasteiger charge is 2.59. The van der Waals surface area contributed by atoms with E-state index >= 15 is 0 Å². The lowest BCUT2D eigenvalue weighted by Gasteiger charge is -2.56. The molecule has 27 heavy (non-hydrogen) atoms. The summed E-state index contributed by atoms with van der Waals surface area (Å²) in [4.78, 5) is 36.5. The SMILES string of the molecule is CC(=O)OC1C(NC(=O)C(Br)c2ccccc2)C(=O)N1[Si](C)(C)C(C)(C)C. The van der Waals surface area contributed by atoms with Crippen molar-refractivity contribution in [2.24, 2.45) is 0 Å². The Bertz CT molecular complexity index is 733. The van der Waals surface area contributed by atoms with Gasteiger partial charge in [0.05, 0.1) is 0 Å². The molecule has 1 N–H and O–H groups in total. The van der Waals surface area contributed by atoms with Gasteiger partial charge in [-0.25, -0.2) is 0 Å². The highest BCUT2D eigenvalue weighted by atomic mass is 79.9. The second-order valence-electron chi connectivity index (χ2n) is 8.28. The highest BCUT2D eigenvalue weighted by molar-refractivity contribution is 9.09. The molecule has 3 atom stereocenters. The van der Waals surface area contributed by atoms with Gasteiger partial charge < -0.3 is 14.6 Å². The first-order chi connectivity index (χ1) is 12.4. The number of amides is 2. The molecule has 2 amide bonds. The topological polar surface area (TPSA) is 75.7 Å². The predicted octanol–water partition coefficient (Wildman–Crippen LogP) is 3.34. The standard InChI is InChI=1S/C19H27BrN2O4Si/c1-12(23)26-18-15(17(25)22(18)27(5,6)19(2,3)4)21-16(24)14(20)13-10-8-7-9-11-13/h7-11,14-15,18H,1-6H3,(H,21,24). The maximum Gasteiger partial charge on any atom is 0.304 e. The van der Waals surface area contributed by atoms with Crippen LogP contribution in [-0.2, 0) is 19.1 Å². The first kappa shape index (κ1) is 21.6. The Morgan fingerprint density at radius 2 is 1.78 bits per heavy atom. The minimum absolute atomic E-state index is 0.113. The Morgan fingerprint density at radius 1 is 1.22 bits per heavy atom. The summed E-state index contributed by atoms with van der Waals surface area (Å²) in [7, 11) is -2.25. The second-order valence-corrected chi connectivity index (χ2v) is 14.3. The number of halogens is 1. The molecule has 148 valence electrons. The summed E-state index contributed by atoms with van der Waals surface area (Å²) in [6.45, 7) is 11.7. The Hall–Kier alpha value is -1.67. The average molecular weight is 455 g/mol. The molecule has 0 bridgehead atoms. The summed E-state index contributed by atoms with van der Waals surface area (Å²) in [5, 5.41) is 2.63. The largest absolute Gasteiger partial charge is 0.440 e. The van der Waals surface area contributed by atoms with E-state index in [2.05, 4.69) is 55.1 Å². The molecule has 1 heterocycles. The minimum atomic E-state index is -2.25. The number of carbonyl (C=O) groups excluding carboxylic acids is 3. The third-order valence-corrected chi connectivity index (χ3v) is 11.7. The van der Waals surface area contributed by atoms with Crippen LogP contribution in [0.3, 0.4) is 0 Å². The number of alkyl halides is 1. The molecular weight excluding hydrogens is 428 g/mol. The maximum absolute atomic E-state index is 12.9. The average Bonchev–Trinajstić information content (AvgIpc) is 2.57. The Labute approximate surface area is 169 Å². The van der Waals surface area contributed by atoms with Crippen LogP contribution in [0.25, 0.3) is 0 Å². The number of hydrogen-bond donors (Lipinski definition) is 1. The van der Waals surface area contributed by atoms with Crippen molar-refractivity contribution in [3.8, 4) is 0 Å². The van der Waals surface area contributed by atoms with E-state index in [0.717, 1.165) is 5.56 Å². The quantitative estimate of drug-likeness (QED) is 0.320. The van der Waals surface area contributed by atoms with Gasteiger partial charge in [-0.3, -0.25) is 14.4 Å². The maximum atomic E-state index is 12.9. The number of nitrogens with one attached hydrogen (secondary N) is 1. The zero-order valence-corrected chi connectivity index (χ0v) is 19.2. The number of benzene rings is 1. The summed E-state index contributed by atoms with van der Waals surface area (Å²) < 4.78 is 7.11. The molecule has 0 aliphatic carbocycles. The van der Waals surface area contributed by atoms with Gasteiger partial charge in [-0.1, -0.05) is 80.1 Å². The van der Waals surface area contributed by atoms with Crippen LogP contribution in [0, 0.1) is 0 Å². The number of nitrogens with zero attached hydrogens (tertiary/aromatic N) is 1. The van der Waals surface area contributed by atoms with Crippen molar-refractivity contribution in [3.05, 3.63) is 35.9 Å². The molecule has 0 radical (unpaired) electrons. The van der Waals surface area contributed by atoms with Gasteiger partial charge in [-0.15, -0.1) is 0 Å². The van der Waals surface area contributed by atoms with Gasteiger partial charge in [-0.05, 0) is 10.6 Å². The van der Waals surface area contributed by atoms with Crippen LogP contribution >= 0.6 is 15.9 Å². The Kier molecular flexibility index (Phi) is 6.21. The summed E-state index contributed by atoms with van der Waals surface area (Å²) in [5.74, 6) is -1.02. The summed E-state index contributed by atoms with van der Waals surface area (Å²) in [6.07, 6.45) is -0.768. The molecule has 1 aromatic rings. The van der Waals surface area contributed by atoms with E-state index in [-0.39, 0.29) is 16.9 Å². The first-order valence-electron chi connectivity index (χ1n) is 8.87. The number of esters is 1. The molecular formula is C19H27BrN2O4Si. The fourth-order valence-electron chi connectivity index (χ4n) is 2.84. The van der Waals surface area contributed by atoms with E-state index in [1.165, 1.54) is 6.92 Å². The van der Waals surface area contributed by atoms with Crippen molar-refractivity contribution in [1.29, 1.82) is 0 Å². The van der Waals surface area contributed by atoms with Crippen molar-refractivity contribution < 1.29 is 19.1 Å². The van der Waals surface area contributed by atoms with Crippen molar-refractivity contribution in [2.45, 2.75) is 62.9 Å². The van der Waals surface area contributed by atoms with Crippen molar-refractivity contribution in [3.63, 3.8) is 0 Å². The van der Waals surface area contributed by atoms with Gasteiger partial charge in [0.15, 0.2) is 20.5 Å². The van der Waals surface area contributed by atoms with Crippen LogP contribution in [0.1, 0.15) is 38.1 Å². The number of hydrogen-bond acceptors (Lipinski definition) is 4. The molecule has 6 nitrogen and oxygen atoms in total. The molecule has 0 saturated carbocycles.